The number of nitrogens with zero attached hydrogens (tertiary/aromatic N) is 3. The minimum atomic E-state index is -1.36. The van der Waals surface area contributed by atoms with Crippen LogP contribution in [0.3, 0.4) is 0 Å². The number of anilines is 1. The smallest absolute Gasteiger partial charge is 0.461 e. The van der Waals surface area contributed by atoms with Crippen LogP contribution in [0, 0.1) is 0 Å². The minimum Gasteiger partial charge on any atom is -0.461 e. The number of thiazole rings is 1. The molecule has 3 rings (SSSR count). The first-order valence-corrected chi connectivity index (χ1v) is 13.4. The number of aromatic nitrogens is 1. The van der Waals surface area contributed by atoms with Gasteiger partial charge in [0.15, 0.2) is 10.8 Å². The lowest BCUT2D eigenvalue weighted by Gasteiger charge is -2.49. The van der Waals surface area contributed by atoms with Crippen LogP contribution < -0.4 is 11.1 Å². The van der Waals surface area contributed by atoms with E-state index in [1.54, 1.807) is 13.8 Å². The zero-order valence-electron chi connectivity index (χ0n) is 21.6. The fraction of sp³-hybridized carbons (Fsp3) is 0.500. The number of carbonyl (C=O) groups excluding carboxylic acids is 5. The molecule has 3 heterocycles. The van der Waals surface area contributed by atoms with Gasteiger partial charge in [-0.1, -0.05) is 5.16 Å². The van der Waals surface area contributed by atoms with Crippen LogP contribution in [0.4, 0.5) is 9.93 Å². The average molecular weight is 586 g/mol. The van der Waals surface area contributed by atoms with E-state index in [0.717, 1.165) is 16.2 Å². The van der Waals surface area contributed by atoms with Gasteiger partial charge in [-0.15, -0.1) is 23.1 Å². The van der Waals surface area contributed by atoms with Crippen LogP contribution in [0.2, 0.25) is 0 Å². The molecule has 1 fully saturated rings. The van der Waals surface area contributed by atoms with Gasteiger partial charge in [-0.2, -0.15) is 0 Å². The number of thioether (sulfide) groups is 1. The topological polar surface area (TPSA) is 198 Å². The molecule has 0 radical (unpaired) electrons. The van der Waals surface area contributed by atoms with Gasteiger partial charge >= 0.3 is 18.1 Å². The molecule has 3 atom stereocenters. The van der Waals surface area contributed by atoms with E-state index in [1.165, 1.54) is 38.1 Å². The number of β-lactam (4-membered cyclic amide) rings is 1. The van der Waals surface area contributed by atoms with Crippen LogP contribution in [0.15, 0.2) is 21.8 Å². The summed E-state index contributed by atoms with van der Waals surface area (Å²) in [7, 11) is 1.25. The predicted octanol–water partition coefficient (Wildman–Crippen LogP) is 0.744. The number of ether oxygens (including phenoxy) is 4. The Labute approximate surface area is 231 Å². The van der Waals surface area contributed by atoms with Crippen LogP contribution in [-0.2, 0) is 43.0 Å². The highest BCUT2D eigenvalue weighted by Gasteiger charge is 2.55. The lowest BCUT2D eigenvalue weighted by molar-refractivity contribution is -0.169. The number of nitrogens with two attached hydrogens (primary N) is 1. The summed E-state index contributed by atoms with van der Waals surface area (Å²) >= 11 is 2.33. The highest BCUT2D eigenvalue weighted by Crippen LogP contribution is 2.41. The molecular formula is C22H27N5O10S2. The number of carbonyl (C=O) groups is 5. The van der Waals surface area contributed by atoms with Gasteiger partial charge in [0.1, 0.15) is 36.5 Å². The number of esters is 2. The summed E-state index contributed by atoms with van der Waals surface area (Å²) in [6.45, 7) is 5.45. The van der Waals surface area contributed by atoms with Gasteiger partial charge < -0.3 is 34.8 Å². The van der Waals surface area contributed by atoms with Crippen molar-refractivity contribution in [3.05, 3.63) is 22.3 Å². The van der Waals surface area contributed by atoms with E-state index in [9.17, 15) is 24.0 Å². The zero-order valence-corrected chi connectivity index (χ0v) is 23.3. The fourth-order valence-corrected chi connectivity index (χ4v) is 5.33. The van der Waals surface area contributed by atoms with Gasteiger partial charge in [0.2, 0.25) is 6.29 Å². The summed E-state index contributed by atoms with van der Waals surface area (Å²) in [5.41, 5.74) is 5.73. The zero-order chi connectivity index (χ0) is 28.9. The molecule has 1 saturated heterocycles. The monoisotopic (exact) mass is 585 g/mol. The summed E-state index contributed by atoms with van der Waals surface area (Å²) in [6, 6.07) is -1.03. The molecule has 2 aliphatic rings. The number of nitrogens with one attached hydrogen (secondary N) is 1. The molecule has 0 aromatic carbocycles. The van der Waals surface area contributed by atoms with Crippen molar-refractivity contribution in [2.24, 2.45) is 5.16 Å². The number of amides is 2. The number of hydrogen-bond donors (Lipinski definition) is 2. The Morgan fingerprint density at radius 3 is 2.54 bits per heavy atom. The molecule has 15 nitrogen and oxygen atoms in total. The second kappa shape index (κ2) is 12.8. The quantitative estimate of drug-likeness (QED) is 0.0974. The predicted molar refractivity (Wildman–Crippen MR) is 137 cm³/mol. The number of nitrogen functional groups attached to an aromatic ring is 1. The molecular weight excluding hydrogens is 558 g/mol. The van der Waals surface area contributed by atoms with Crippen LogP contribution in [0.25, 0.3) is 0 Å². The SMILES string of the molecule is CO/N=C(\C(=O)N[C@@H]1C(=O)N2C(C(=O)O[C@@H](C)OC(=O)OC(C)C)=C(COC(C)=O)CS[C@H]12)c1csc(N)n1. The molecule has 212 valence electrons. The van der Waals surface area contributed by atoms with Crippen LogP contribution in [0.1, 0.15) is 33.4 Å². The highest BCUT2D eigenvalue weighted by atomic mass is 32.2. The van der Waals surface area contributed by atoms with Gasteiger partial charge in [-0.25, -0.2) is 14.6 Å². The maximum absolute atomic E-state index is 13.2. The van der Waals surface area contributed by atoms with E-state index in [0.29, 0.717) is 5.57 Å². The van der Waals surface area contributed by atoms with Crippen molar-refractivity contribution in [1.29, 1.82) is 0 Å². The van der Waals surface area contributed by atoms with E-state index < -0.39 is 53.7 Å². The van der Waals surface area contributed by atoms with Gasteiger partial charge in [-0.3, -0.25) is 19.3 Å². The van der Waals surface area contributed by atoms with Gasteiger partial charge in [0.25, 0.3) is 11.8 Å². The van der Waals surface area contributed by atoms with Crippen molar-refractivity contribution >= 4 is 63.9 Å². The van der Waals surface area contributed by atoms with Crippen LogP contribution in [-0.4, -0.2) is 88.8 Å². The van der Waals surface area contributed by atoms with Crippen molar-refractivity contribution in [2.45, 2.75) is 51.5 Å². The summed E-state index contributed by atoms with van der Waals surface area (Å²) in [4.78, 5) is 72.3. The fourth-order valence-electron chi connectivity index (χ4n) is 3.46. The van der Waals surface area contributed by atoms with Crippen molar-refractivity contribution in [3.63, 3.8) is 0 Å². The molecule has 2 aliphatic heterocycles. The van der Waals surface area contributed by atoms with E-state index in [-0.39, 0.29) is 34.6 Å². The summed E-state index contributed by atoms with van der Waals surface area (Å²) in [5.74, 6) is -2.79. The molecule has 0 spiro atoms. The molecule has 0 aliphatic carbocycles. The second-order valence-corrected chi connectivity index (χ2v) is 10.3. The maximum Gasteiger partial charge on any atom is 0.511 e. The maximum atomic E-state index is 13.2. The normalized spacial score (nSPS) is 19.5. The first-order chi connectivity index (χ1) is 18.4. The first-order valence-electron chi connectivity index (χ1n) is 11.4. The van der Waals surface area contributed by atoms with E-state index >= 15 is 0 Å². The molecule has 17 heteroatoms. The van der Waals surface area contributed by atoms with Gasteiger partial charge in [-0.05, 0) is 13.8 Å². The largest absolute Gasteiger partial charge is 0.511 e. The van der Waals surface area contributed by atoms with E-state index in [1.807, 2.05) is 0 Å². The minimum absolute atomic E-state index is 0.162. The molecule has 0 saturated carbocycles. The van der Waals surface area contributed by atoms with Crippen molar-refractivity contribution in [1.82, 2.24) is 15.2 Å². The van der Waals surface area contributed by atoms with Crippen molar-refractivity contribution in [3.8, 4) is 0 Å². The molecule has 1 aromatic heterocycles. The van der Waals surface area contributed by atoms with Gasteiger partial charge in [0, 0.05) is 30.6 Å². The Hall–Kier alpha value is -3.86. The highest BCUT2D eigenvalue weighted by molar-refractivity contribution is 8.00. The van der Waals surface area contributed by atoms with Gasteiger partial charge in [0.05, 0.1) is 6.10 Å². The molecule has 0 bridgehead atoms. The Bertz CT molecular complexity index is 1210. The molecule has 39 heavy (non-hydrogen) atoms. The third-order valence-corrected chi connectivity index (χ3v) is 7.02. The Kier molecular flexibility index (Phi) is 9.74. The molecule has 2 amide bonds. The number of rotatable bonds is 10. The van der Waals surface area contributed by atoms with Crippen molar-refractivity contribution < 1.29 is 47.8 Å². The Morgan fingerprint density at radius 1 is 1.23 bits per heavy atom. The number of fused-ring (bicyclic) bond motifs is 1. The molecule has 3 N–H and O–H groups in total. The lowest BCUT2D eigenvalue weighted by atomic mass is 10.0. The molecule has 0 unspecified atom stereocenters. The van der Waals surface area contributed by atoms with Crippen molar-refractivity contribution in [2.75, 3.05) is 25.2 Å². The summed E-state index contributed by atoms with van der Waals surface area (Å²) < 4.78 is 20.0. The average Bonchev–Trinajstić information content (AvgIpc) is 3.28. The number of hydrogen-bond acceptors (Lipinski definition) is 15. The summed E-state index contributed by atoms with van der Waals surface area (Å²) in [5, 5.41) is 7.30. The first kappa shape index (κ1) is 29.7. The lowest BCUT2D eigenvalue weighted by Crippen LogP contribution is -2.71. The number of oxime groups is 1. The standard InChI is InChI=1S/C22H27N5O10S2/c1-9(2)35-22(32)37-11(4)36-20(31)16-12(6-34-10(3)28)7-38-19-15(18(30)27(16)19)25-17(29)14(26-33-5)13-8-39-21(23)24-13/h8-9,11,15,19H,6-7H2,1-5H3,(H2,23,24)(H,25,29)/b26-14-/t11-,15-,19-/m1/s1. The van der Waals surface area contributed by atoms with Crippen LogP contribution in [0.5, 0.6) is 0 Å². The summed E-state index contributed by atoms with van der Waals surface area (Å²) in [6.07, 6.45) is -2.86. The third kappa shape index (κ3) is 7.17. The second-order valence-electron chi connectivity index (χ2n) is 8.29. The van der Waals surface area contributed by atoms with E-state index in [4.69, 9.17) is 29.5 Å². The Morgan fingerprint density at radius 2 is 1.95 bits per heavy atom. The molecule has 1 aromatic rings. The third-order valence-electron chi connectivity index (χ3n) is 5.01. The van der Waals surface area contributed by atoms with E-state index in [2.05, 4.69) is 15.5 Å². The Balaban J connectivity index is 1.78. The van der Waals surface area contributed by atoms with Crippen LogP contribution >= 0.6 is 23.1 Å².